The number of aliphatic hydroxyl groups excluding tert-OH is 1. The minimum absolute atomic E-state index is 0.137. The molecule has 0 bridgehead atoms. The Morgan fingerprint density at radius 2 is 2.21 bits per heavy atom. The molecule has 0 aliphatic carbocycles. The summed E-state index contributed by atoms with van der Waals surface area (Å²) in [5.74, 6) is 1.18. The predicted octanol–water partition coefficient (Wildman–Crippen LogP) is 2.53. The number of hydrogen-bond acceptors (Lipinski definition) is 4. The van der Waals surface area contributed by atoms with Gasteiger partial charge in [-0.1, -0.05) is 32.4 Å². The van der Waals surface area contributed by atoms with Crippen LogP contribution in [0.2, 0.25) is 0 Å². The molecule has 6 heteroatoms. The van der Waals surface area contributed by atoms with Gasteiger partial charge in [-0.05, 0) is 25.0 Å². The van der Waals surface area contributed by atoms with Crippen LogP contribution in [-0.2, 0) is 0 Å². The lowest BCUT2D eigenvalue weighted by Gasteiger charge is -2.17. The predicted molar refractivity (Wildman–Crippen MR) is 93.1 cm³/mol. The molecule has 1 amide bonds. The van der Waals surface area contributed by atoms with Gasteiger partial charge in [0.05, 0.1) is 13.2 Å². The molecular weight excluding hydrogens is 306 g/mol. The number of ether oxygens (including phenoxy) is 1. The number of hydrogen-bond donors (Lipinski definition) is 3. The van der Waals surface area contributed by atoms with Crippen LogP contribution in [0.5, 0.6) is 5.75 Å². The highest BCUT2D eigenvalue weighted by Gasteiger charge is 2.18. The molecule has 0 saturated heterocycles. The zero-order chi connectivity index (χ0) is 17.7. The van der Waals surface area contributed by atoms with E-state index in [9.17, 15) is 9.90 Å². The van der Waals surface area contributed by atoms with Gasteiger partial charge in [0.1, 0.15) is 17.3 Å². The minimum Gasteiger partial charge on any atom is -0.497 e. The Morgan fingerprint density at radius 1 is 1.46 bits per heavy atom. The molecule has 0 radical (unpaired) electrons. The fourth-order valence-electron chi connectivity index (χ4n) is 2.34. The van der Waals surface area contributed by atoms with Crippen molar-refractivity contribution >= 4 is 5.91 Å². The van der Waals surface area contributed by atoms with Crippen molar-refractivity contribution in [2.75, 3.05) is 13.7 Å². The number of imidazole rings is 1. The number of nitrogens with zero attached hydrogens (tertiary/aromatic N) is 1. The number of aromatic nitrogens is 2. The molecule has 2 unspecified atom stereocenters. The fourth-order valence-corrected chi connectivity index (χ4v) is 2.34. The van der Waals surface area contributed by atoms with E-state index in [-0.39, 0.29) is 18.4 Å². The summed E-state index contributed by atoms with van der Waals surface area (Å²) in [7, 11) is 1.61. The van der Waals surface area contributed by atoms with E-state index in [4.69, 9.17) is 4.74 Å². The molecule has 6 nitrogen and oxygen atoms in total. The van der Waals surface area contributed by atoms with Crippen molar-refractivity contribution in [1.29, 1.82) is 0 Å². The highest BCUT2D eigenvalue weighted by molar-refractivity contribution is 5.94. The topological polar surface area (TPSA) is 87.2 Å². The number of H-pyrrole nitrogens is 1. The third-order valence-electron chi connectivity index (χ3n) is 4.22. The lowest BCUT2D eigenvalue weighted by molar-refractivity contribution is 0.0846. The van der Waals surface area contributed by atoms with E-state index < -0.39 is 6.10 Å². The number of methoxy groups -OCH3 is 1. The molecule has 1 aromatic carbocycles. The first-order valence-corrected chi connectivity index (χ1v) is 8.13. The van der Waals surface area contributed by atoms with Gasteiger partial charge in [-0.2, -0.15) is 0 Å². The van der Waals surface area contributed by atoms with Crippen LogP contribution in [-0.4, -0.2) is 40.7 Å². The molecule has 130 valence electrons. The standard InChI is InChI=1S/C18H25N3O3/c1-5-11(2)15(22)10-19-18(23)16-12(3)20-17(21-16)13-7-6-8-14(9-13)24-4/h6-9,11,15,22H,5,10H2,1-4H3,(H,19,23)(H,20,21). The van der Waals surface area contributed by atoms with Crippen molar-refractivity contribution in [3.8, 4) is 17.1 Å². The largest absolute Gasteiger partial charge is 0.497 e. The number of carbonyl (C=O) groups excluding carboxylic acids is 1. The highest BCUT2D eigenvalue weighted by Crippen LogP contribution is 2.22. The zero-order valence-electron chi connectivity index (χ0n) is 14.6. The summed E-state index contributed by atoms with van der Waals surface area (Å²) in [5, 5.41) is 12.7. The number of carbonyl (C=O) groups is 1. The van der Waals surface area contributed by atoms with Crippen molar-refractivity contribution in [3.63, 3.8) is 0 Å². The summed E-state index contributed by atoms with van der Waals surface area (Å²) in [4.78, 5) is 19.8. The first-order chi connectivity index (χ1) is 11.5. The molecule has 2 rings (SSSR count). The number of benzene rings is 1. The first-order valence-electron chi connectivity index (χ1n) is 8.13. The van der Waals surface area contributed by atoms with Crippen molar-refractivity contribution in [2.24, 2.45) is 5.92 Å². The Kier molecular flexibility index (Phi) is 5.98. The summed E-state index contributed by atoms with van der Waals surface area (Å²) in [6, 6.07) is 7.47. The summed E-state index contributed by atoms with van der Waals surface area (Å²) in [6.45, 7) is 5.98. The molecule has 0 fully saturated rings. The average molecular weight is 331 g/mol. The molecule has 3 N–H and O–H groups in total. The first kappa shape index (κ1) is 18.0. The van der Waals surface area contributed by atoms with Crippen molar-refractivity contribution < 1.29 is 14.6 Å². The molecular formula is C18H25N3O3. The molecule has 1 aromatic heterocycles. The number of aliphatic hydroxyl groups is 1. The summed E-state index contributed by atoms with van der Waals surface area (Å²) < 4.78 is 5.21. The number of aryl methyl sites for hydroxylation is 1. The number of aromatic amines is 1. The zero-order valence-corrected chi connectivity index (χ0v) is 14.6. The number of nitrogens with one attached hydrogen (secondary N) is 2. The molecule has 0 aliphatic heterocycles. The second-order valence-corrected chi connectivity index (χ2v) is 5.95. The van der Waals surface area contributed by atoms with Crippen LogP contribution >= 0.6 is 0 Å². The maximum Gasteiger partial charge on any atom is 0.271 e. The van der Waals surface area contributed by atoms with E-state index in [2.05, 4.69) is 15.3 Å². The van der Waals surface area contributed by atoms with Gasteiger partial charge >= 0.3 is 0 Å². The van der Waals surface area contributed by atoms with Gasteiger partial charge in [0.25, 0.3) is 5.91 Å². The molecule has 0 aliphatic rings. The third-order valence-corrected chi connectivity index (χ3v) is 4.22. The van der Waals surface area contributed by atoms with Gasteiger partial charge in [0, 0.05) is 17.8 Å². The summed E-state index contributed by atoms with van der Waals surface area (Å²) in [6.07, 6.45) is 0.300. The van der Waals surface area contributed by atoms with Gasteiger partial charge in [0.2, 0.25) is 0 Å². The number of rotatable bonds is 7. The Hall–Kier alpha value is -2.34. The average Bonchev–Trinajstić information content (AvgIpc) is 3.00. The molecule has 0 saturated carbocycles. The van der Waals surface area contributed by atoms with Crippen LogP contribution in [0.4, 0.5) is 0 Å². The van der Waals surface area contributed by atoms with Crippen molar-refractivity contribution in [3.05, 3.63) is 35.7 Å². The maximum atomic E-state index is 12.3. The van der Waals surface area contributed by atoms with Gasteiger partial charge in [-0.25, -0.2) is 4.98 Å². The number of amides is 1. The SMILES string of the molecule is CCC(C)C(O)CNC(=O)c1nc(-c2cccc(OC)c2)[nH]c1C. The summed E-state index contributed by atoms with van der Waals surface area (Å²) >= 11 is 0. The lowest BCUT2D eigenvalue weighted by Crippen LogP contribution is -2.35. The Bertz CT molecular complexity index is 697. The third kappa shape index (κ3) is 4.14. The van der Waals surface area contributed by atoms with Crippen molar-refractivity contribution in [2.45, 2.75) is 33.3 Å². The fraction of sp³-hybridized carbons (Fsp3) is 0.444. The summed E-state index contributed by atoms with van der Waals surface area (Å²) in [5.41, 5.74) is 1.86. The Morgan fingerprint density at radius 3 is 2.88 bits per heavy atom. The second-order valence-electron chi connectivity index (χ2n) is 5.95. The smallest absolute Gasteiger partial charge is 0.271 e. The van der Waals surface area contributed by atoms with Gasteiger partial charge in [0.15, 0.2) is 0 Å². The van der Waals surface area contributed by atoms with E-state index in [1.165, 1.54) is 0 Å². The van der Waals surface area contributed by atoms with Crippen molar-refractivity contribution in [1.82, 2.24) is 15.3 Å². The van der Waals surface area contributed by atoms with Crippen LogP contribution < -0.4 is 10.1 Å². The van der Waals surface area contributed by atoms with E-state index in [0.717, 1.165) is 17.7 Å². The van der Waals surface area contributed by atoms with Gasteiger partial charge in [-0.15, -0.1) is 0 Å². The van der Waals surface area contributed by atoms with Gasteiger partial charge < -0.3 is 20.1 Å². The highest BCUT2D eigenvalue weighted by atomic mass is 16.5. The van der Waals surface area contributed by atoms with Crippen LogP contribution in [0, 0.1) is 12.8 Å². The molecule has 2 aromatic rings. The maximum absolute atomic E-state index is 12.3. The molecule has 24 heavy (non-hydrogen) atoms. The van der Waals surface area contributed by atoms with Crippen LogP contribution in [0.3, 0.4) is 0 Å². The second kappa shape index (κ2) is 7.97. The van der Waals surface area contributed by atoms with Gasteiger partial charge in [-0.3, -0.25) is 4.79 Å². The molecule has 1 heterocycles. The van der Waals surface area contributed by atoms with E-state index in [1.54, 1.807) is 14.0 Å². The monoisotopic (exact) mass is 331 g/mol. The van der Waals surface area contributed by atoms with E-state index in [1.807, 2.05) is 38.1 Å². The van der Waals surface area contributed by atoms with Crippen LogP contribution in [0.25, 0.3) is 11.4 Å². The Labute approximate surface area is 142 Å². The lowest BCUT2D eigenvalue weighted by atomic mass is 10.0. The van der Waals surface area contributed by atoms with E-state index >= 15 is 0 Å². The minimum atomic E-state index is -0.559. The molecule has 2 atom stereocenters. The van der Waals surface area contributed by atoms with Crippen LogP contribution in [0.15, 0.2) is 24.3 Å². The molecule has 0 spiro atoms. The Balaban J connectivity index is 2.11. The van der Waals surface area contributed by atoms with Crippen LogP contribution in [0.1, 0.15) is 36.5 Å². The normalized spacial score (nSPS) is 13.4. The quantitative estimate of drug-likeness (QED) is 0.727. The van der Waals surface area contributed by atoms with E-state index in [0.29, 0.717) is 17.2 Å².